The second-order valence-electron chi connectivity index (χ2n) is 7.59. The highest BCUT2D eigenvalue weighted by atomic mass is 19.1. The van der Waals surface area contributed by atoms with Gasteiger partial charge < -0.3 is 9.47 Å². The molecule has 1 aliphatic carbocycles. The van der Waals surface area contributed by atoms with Gasteiger partial charge in [-0.15, -0.1) is 0 Å². The minimum atomic E-state index is -0.242. The van der Waals surface area contributed by atoms with Gasteiger partial charge in [0.1, 0.15) is 11.6 Å². The van der Waals surface area contributed by atoms with E-state index < -0.39 is 0 Å². The molecule has 28 heavy (non-hydrogen) atoms. The minimum Gasteiger partial charge on any atom is -0.331 e. The molecule has 1 heterocycles. The van der Waals surface area contributed by atoms with Gasteiger partial charge >= 0.3 is 0 Å². The van der Waals surface area contributed by atoms with E-state index in [0.717, 1.165) is 23.5 Å². The summed E-state index contributed by atoms with van der Waals surface area (Å²) in [6.45, 7) is 3.85. The Morgan fingerprint density at radius 3 is 2.54 bits per heavy atom. The summed E-state index contributed by atoms with van der Waals surface area (Å²) in [6.07, 6.45) is 6.03. The number of imidazole rings is 1. The summed E-state index contributed by atoms with van der Waals surface area (Å²) < 4.78 is 15.2. The molecule has 2 aromatic carbocycles. The average Bonchev–Trinajstić information content (AvgIpc) is 3.41. The van der Waals surface area contributed by atoms with Gasteiger partial charge in [0.25, 0.3) is 5.91 Å². The molecule has 4 rings (SSSR count). The number of amides is 1. The fraction of sp³-hybridized carbons (Fsp3) is 0.304. The first-order valence-electron chi connectivity index (χ1n) is 9.69. The average molecular weight is 377 g/mol. The zero-order chi connectivity index (χ0) is 19.5. The molecule has 0 bridgehead atoms. The van der Waals surface area contributed by atoms with Crippen molar-refractivity contribution in [1.29, 1.82) is 0 Å². The highest BCUT2D eigenvalue weighted by Crippen LogP contribution is 2.30. The van der Waals surface area contributed by atoms with Gasteiger partial charge in [-0.3, -0.25) is 4.79 Å². The number of nitrogens with zero attached hydrogens (tertiary/aromatic N) is 3. The first-order chi connectivity index (χ1) is 13.6. The molecule has 4 nitrogen and oxygen atoms in total. The number of benzene rings is 2. The quantitative estimate of drug-likeness (QED) is 0.611. The lowest BCUT2D eigenvalue weighted by Crippen LogP contribution is -2.33. The van der Waals surface area contributed by atoms with Gasteiger partial charge in [0.2, 0.25) is 0 Å². The third-order valence-electron chi connectivity index (χ3n) is 5.16. The molecule has 0 aliphatic heterocycles. The van der Waals surface area contributed by atoms with Gasteiger partial charge in [0.15, 0.2) is 0 Å². The molecule has 144 valence electrons. The first kappa shape index (κ1) is 18.4. The zero-order valence-electron chi connectivity index (χ0n) is 16.0. The summed E-state index contributed by atoms with van der Waals surface area (Å²) in [7, 11) is 0. The van der Waals surface area contributed by atoms with Crippen molar-refractivity contribution in [3.05, 3.63) is 89.3 Å². The molecule has 5 heteroatoms. The van der Waals surface area contributed by atoms with Crippen LogP contribution in [0.15, 0.2) is 60.9 Å². The van der Waals surface area contributed by atoms with Crippen molar-refractivity contribution in [2.75, 3.05) is 6.54 Å². The van der Waals surface area contributed by atoms with Crippen LogP contribution in [0.25, 0.3) is 0 Å². The number of carbonyl (C=O) groups is 1. The SMILES string of the molecule is Cc1ccc(C(=O)N(Cc2nccn2Cc2ccc(F)cc2)CC2CC2)cc1. The molecule has 0 N–H and O–H groups in total. The van der Waals surface area contributed by atoms with Gasteiger partial charge in [-0.2, -0.15) is 0 Å². The predicted octanol–water partition coefficient (Wildman–Crippen LogP) is 4.43. The third kappa shape index (κ3) is 4.47. The smallest absolute Gasteiger partial charge is 0.254 e. The van der Waals surface area contributed by atoms with E-state index in [-0.39, 0.29) is 11.7 Å². The van der Waals surface area contributed by atoms with Crippen molar-refractivity contribution in [2.24, 2.45) is 5.92 Å². The van der Waals surface area contributed by atoms with Crippen LogP contribution < -0.4 is 0 Å². The molecule has 0 unspecified atom stereocenters. The Labute approximate surface area is 164 Å². The third-order valence-corrected chi connectivity index (χ3v) is 5.16. The van der Waals surface area contributed by atoms with Gasteiger partial charge in [0.05, 0.1) is 6.54 Å². The molecular formula is C23H24FN3O. The van der Waals surface area contributed by atoms with Crippen LogP contribution in [0.3, 0.4) is 0 Å². The van der Waals surface area contributed by atoms with E-state index in [1.165, 1.54) is 25.0 Å². The van der Waals surface area contributed by atoms with Crippen LogP contribution in [0.4, 0.5) is 4.39 Å². The number of halogens is 1. The van der Waals surface area contributed by atoms with E-state index in [1.54, 1.807) is 18.3 Å². The molecule has 1 fully saturated rings. The molecule has 0 atom stereocenters. The lowest BCUT2D eigenvalue weighted by molar-refractivity contribution is 0.0729. The van der Waals surface area contributed by atoms with Crippen molar-refractivity contribution in [3.8, 4) is 0 Å². The Hall–Kier alpha value is -2.95. The molecule has 1 aliphatic rings. The van der Waals surface area contributed by atoms with Crippen LogP contribution in [-0.2, 0) is 13.1 Å². The molecule has 1 aromatic heterocycles. The summed E-state index contributed by atoms with van der Waals surface area (Å²) in [5.41, 5.74) is 2.85. The first-order valence-corrected chi connectivity index (χ1v) is 9.69. The highest BCUT2D eigenvalue weighted by molar-refractivity contribution is 5.94. The van der Waals surface area contributed by atoms with E-state index in [0.29, 0.717) is 24.6 Å². The maximum Gasteiger partial charge on any atom is 0.254 e. The monoisotopic (exact) mass is 377 g/mol. The Morgan fingerprint density at radius 2 is 1.86 bits per heavy atom. The molecule has 3 aromatic rings. The number of carbonyl (C=O) groups excluding carboxylic acids is 1. The standard InChI is InChI=1S/C23H24FN3O/c1-17-2-8-20(9-3-17)23(28)27(15-18-4-5-18)16-22-25-12-13-26(22)14-19-6-10-21(24)11-7-19/h2-3,6-13,18H,4-5,14-16H2,1H3. The second kappa shape index (κ2) is 7.97. The van der Waals surface area contributed by atoms with E-state index in [1.807, 2.05) is 46.9 Å². The Morgan fingerprint density at radius 1 is 1.14 bits per heavy atom. The summed E-state index contributed by atoms with van der Waals surface area (Å²) in [5, 5.41) is 0. The van der Waals surface area contributed by atoms with Crippen molar-refractivity contribution in [3.63, 3.8) is 0 Å². The molecule has 0 saturated heterocycles. The van der Waals surface area contributed by atoms with E-state index >= 15 is 0 Å². The normalized spacial score (nSPS) is 13.5. The number of hydrogen-bond acceptors (Lipinski definition) is 2. The van der Waals surface area contributed by atoms with Gasteiger partial charge in [-0.25, -0.2) is 9.37 Å². The minimum absolute atomic E-state index is 0.0447. The Kier molecular flexibility index (Phi) is 5.24. The van der Waals surface area contributed by atoms with Crippen LogP contribution in [0.2, 0.25) is 0 Å². The number of hydrogen-bond donors (Lipinski definition) is 0. The summed E-state index contributed by atoms with van der Waals surface area (Å²) in [6, 6.07) is 14.2. The summed E-state index contributed by atoms with van der Waals surface area (Å²) >= 11 is 0. The maximum absolute atomic E-state index is 13.2. The largest absolute Gasteiger partial charge is 0.331 e. The van der Waals surface area contributed by atoms with E-state index in [9.17, 15) is 9.18 Å². The number of aromatic nitrogens is 2. The number of aryl methyl sites for hydroxylation is 1. The van der Waals surface area contributed by atoms with Crippen LogP contribution in [-0.4, -0.2) is 26.9 Å². The number of rotatable bonds is 7. The zero-order valence-corrected chi connectivity index (χ0v) is 16.0. The van der Waals surface area contributed by atoms with Crippen LogP contribution in [0, 0.1) is 18.7 Å². The van der Waals surface area contributed by atoms with Crippen molar-refractivity contribution >= 4 is 5.91 Å². The fourth-order valence-corrected chi connectivity index (χ4v) is 3.30. The maximum atomic E-state index is 13.2. The van der Waals surface area contributed by atoms with Crippen molar-refractivity contribution in [1.82, 2.24) is 14.5 Å². The van der Waals surface area contributed by atoms with E-state index in [2.05, 4.69) is 4.98 Å². The van der Waals surface area contributed by atoms with Crippen LogP contribution in [0.5, 0.6) is 0 Å². The van der Waals surface area contributed by atoms with Crippen LogP contribution in [0.1, 0.15) is 40.2 Å². The lowest BCUT2D eigenvalue weighted by Gasteiger charge is -2.23. The summed E-state index contributed by atoms with van der Waals surface area (Å²) in [4.78, 5) is 19.5. The molecule has 1 amide bonds. The fourth-order valence-electron chi connectivity index (χ4n) is 3.30. The van der Waals surface area contributed by atoms with Gasteiger partial charge in [-0.05, 0) is 55.5 Å². The van der Waals surface area contributed by atoms with Crippen molar-refractivity contribution < 1.29 is 9.18 Å². The van der Waals surface area contributed by atoms with E-state index in [4.69, 9.17) is 0 Å². The molecule has 0 radical (unpaired) electrons. The lowest BCUT2D eigenvalue weighted by atomic mass is 10.1. The Balaban J connectivity index is 1.52. The topological polar surface area (TPSA) is 38.1 Å². The van der Waals surface area contributed by atoms with Gasteiger partial charge in [0, 0.05) is 31.0 Å². The summed E-state index contributed by atoms with van der Waals surface area (Å²) in [5.74, 6) is 1.23. The Bertz CT molecular complexity index is 943. The van der Waals surface area contributed by atoms with Crippen molar-refractivity contribution in [2.45, 2.75) is 32.9 Å². The molecular weight excluding hydrogens is 353 g/mol. The molecule has 0 spiro atoms. The molecule has 1 saturated carbocycles. The highest BCUT2D eigenvalue weighted by Gasteiger charge is 2.28. The van der Waals surface area contributed by atoms with Crippen LogP contribution >= 0.6 is 0 Å². The van der Waals surface area contributed by atoms with Gasteiger partial charge in [-0.1, -0.05) is 29.8 Å². The predicted molar refractivity (Wildman–Crippen MR) is 106 cm³/mol. The second-order valence-corrected chi connectivity index (χ2v) is 7.59.